The zero-order chi connectivity index (χ0) is 29.8. The second-order valence-electron chi connectivity index (χ2n) is 10.3. The maximum Gasteiger partial charge on any atom is 0.273 e. The quantitative estimate of drug-likeness (QED) is 0.171. The highest BCUT2D eigenvalue weighted by atomic mass is 35.5. The number of aromatic nitrogens is 2. The molecule has 0 radical (unpaired) electrons. The Labute approximate surface area is 251 Å². The van der Waals surface area contributed by atoms with E-state index in [0.29, 0.717) is 65.2 Å². The number of aryl methyl sites for hydroxylation is 1. The van der Waals surface area contributed by atoms with Crippen molar-refractivity contribution in [1.29, 1.82) is 0 Å². The summed E-state index contributed by atoms with van der Waals surface area (Å²) in [6.45, 7) is 7.39. The molecule has 2 heterocycles. The Balaban J connectivity index is 1.58. The van der Waals surface area contributed by atoms with Crippen molar-refractivity contribution < 1.29 is 24.1 Å². The van der Waals surface area contributed by atoms with Gasteiger partial charge in [-0.1, -0.05) is 43.1 Å². The van der Waals surface area contributed by atoms with Crippen molar-refractivity contribution >= 4 is 17.5 Å². The molecule has 1 unspecified atom stereocenters. The number of fused-ring (bicyclic) bond motifs is 1. The van der Waals surface area contributed by atoms with Crippen LogP contribution in [0.2, 0.25) is 5.02 Å². The van der Waals surface area contributed by atoms with Gasteiger partial charge in [0.15, 0.2) is 11.5 Å². The second kappa shape index (κ2) is 12.8. The minimum Gasteiger partial charge on any atom is -0.507 e. The molecule has 0 aliphatic carbocycles. The summed E-state index contributed by atoms with van der Waals surface area (Å²) in [4.78, 5) is 15.7. The van der Waals surface area contributed by atoms with Gasteiger partial charge in [0.1, 0.15) is 22.9 Å². The Hall–Kier alpha value is -4.17. The molecule has 5 rings (SSSR count). The van der Waals surface area contributed by atoms with Crippen LogP contribution in [0.4, 0.5) is 0 Å². The van der Waals surface area contributed by atoms with Crippen LogP contribution < -0.4 is 14.2 Å². The van der Waals surface area contributed by atoms with Gasteiger partial charge in [-0.15, -0.1) is 0 Å². The molecule has 220 valence electrons. The minimum absolute atomic E-state index is 0.0451. The number of amides is 1. The SMILES string of the molecule is CCCCOc1ccc(C2c3c(-c4cc(Cl)c(C)cc4O)n[nH]c3C(=O)N2CCc2ccc(OC)cc2)cc1OCC. The lowest BCUT2D eigenvalue weighted by molar-refractivity contribution is 0.0745. The average Bonchev–Trinajstić information content (AvgIpc) is 3.53. The fourth-order valence-electron chi connectivity index (χ4n) is 5.29. The molecule has 0 saturated heterocycles. The highest BCUT2D eigenvalue weighted by molar-refractivity contribution is 6.31. The summed E-state index contributed by atoms with van der Waals surface area (Å²) < 4.78 is 17.3. The molecule has 1 aliphatic rings. The van der Waals surface area contributed by atoms with Crippen LogP contribution in [-0.4, -0.2) is 53.0 Å². The number of nitrogens with one attached hydrogen (secondary N) is 1. The van der Waals surface area contributed by atoms with Gasteiger partial charge in [0.2, 0.25) is 0 Å². The largest absolute Gasteiger partial charge is 0.507 e. The van der Waals surface area contributed by atoms with Gasteiger partial charge >= 0.3 is 0 Å². The normalized spacial score (nSPS) is 14.3. The van der Waals surface area contributed by atoms with E-state index in [1.54, 1.807) is 19.2 Å². The van der Waals surface area contributed by atoms with E-state index in [0.717, 1.165) is 35.3 Å². The molecule has 0 spiro atoms. The lowest BCUT2D eigenvalue weighted by Gasteiger charge is -2.27. The zero-order valence-electron chi connectivity index (χ0n) is 24.4. The van der Waals surface area contributed by atoms with Crippen LogP contribution in [0.5, 0.6) is 23.0 Å². The summed E-state index contributed by atoms with van der Waals surface area (Å²) in [7, 11) is 1.64. The van der Waals surface area contributed by atoms with Crippen LogP contribution in [0.1, 0.15) is 65.5 Å². The first-order chi connectivity index (χ1) is 20.4. The number of nitrogens with zero attached hydrogens (tertiary/aromatic N) is 2. The van der Waals surface area contributed by atoms with E-state index in [-0.39, 0.29) is 11.7 Å². The summed E-state index contributed by atoms with van der Waals surface area (Å²) >= 11 is 6.46. The first-order valence-corrected chi connectivity index (χ1v) is 14.6. The maximum absolute atomic E-state index is 13.9. The number of unbranched alkanes of at least 4 members (excludes halogenated alkanes) is 1. The predicted octanol–water partition coefficient (Wildman–Crippen LogP) is 7.12. The van der Waals surface area contributed by atoms with Crippen LogP contribution in [0.15, 0.2) is 54.6 Å². The molecule has 1 aliphatic heterocycles. The number of H-pyrrole nitrogens is 1. The number of methoxy groups -OCH3 is 1. The van der Waals surface area contributed by atoms with Crippen molar-refractivity contribution in [1.82, 2.24) is 15.1 Å². The molecule has 4 aromatic rings. The molecule has 0 fully saturated rings. The topological polar surface area (TPSA) is 96.9 Å². The molecule has 1 atom stereocenters. The number of phenolic OH excluding ortho intramolecular Hbond substituents is 1. The highest BCUT2D eigenvalue weighted by Gasteiger charge is 2.42. The fraction of sp³-hybridized carbons (Fsp3) is 0.333. The van der Waals surface area contributed by atoms with Crippen molar-refractivity contribution in [2.24, 2.45) is 0 Å². The van der Waals surface area contributed by atoms with E-state index in [4.69, 9.17) is 25.8 Å². The van der Waals surface area contributed by atoms with Gasteiger partial charge in [-0.25, -0.2) is 0 Å². The van der Waals surface area contributed by atoms with Gasteiger partial charge in [0, 0.05) is 22.7 Å². The number of halogens is 1. The number of hydrogen-bond donors (Lipinski definition) is 2. The molecule has 0 saturated carbocycles. The summed E-state index contributed by atoms with van der Waals surface area (Å²) in [6.07, 6.45) is 2.60. The molecule has 1 amide bonds. The van der Waals surface area contributed by atoms with E-state index >= 15 is 0 Å². The van der Waals surface area contributed by atoms with Gasteiger partial charge in [-0.05, 0) is 79.8 Å². The minimum atomic E-state index is -0.483. The van der Waals surface area contributed by atoms with Gasteiger partial charge in [-0.3, -0.25) is 9.89 Å². The smallest absolute Gasteiger partial charge is 0.273 e. The fourth-order valence-corrected chi connectivity index (χ4v) is 5.45. The molecule has 3 aromatic carbocycles. The molecular formula is C33H36ClN3O5. The molecule has 1 aromatic heterocycles. The first kappa shape index (κ1) is 29.3. The molecule has 9 heteroatoms. The molecule has 8 nitrogen and oxygen atoms in total. The standard InChI is InChI=1S/C33H36ClN3O5/c1-5-7-16-42-27-13-10-22(18-28(27)41-6-2)32-29-30(24-19-25(34)20(3)17-26(24)38)35-36-31(29)33(39)37(32)15-14-21-8-11-23(40-4)12-9-21/h8-13,17-19,32,38H,5-7,14-16H2,1-4H3,(H,35,36). The number of hydrogen-bond acceptors (Lipinski definition) is 6. The third-order valence-electron chi connectivity index (χ3n) is 7.54. The van der Waals surface area contributed by atoms with Crippen LogP contribution in [0, 0.1) is 6.92 Å². The Morgan fingerprint density at radius 1 is 1.05 bits per heavy atom. The number of phenols is 1. The molecule has 0 bridgehead atoms. The zero-order valence-corrected chi connectivity index (χ0v) is 25.1. The summed E-state index contributed by atoms with van der Waals surface area (Å²) in [6, 6.07) is 16.5. The second-order valence-corrected chi connectivity index (χ2v) is 10.7. The van der Waals surface area contributed by atoms with E-state index in [9.17, 15) is 9.90 Å². The van der Waals surface area contributed by atoms with E-state index in [1.807, 2.05) is 61.2 Å². The molecular weight excluding hydrogens is 554 g/mol. The third kappa shape index (κ3) is 5.77. The van der Waals surface area contributed by atoms with Gasteiger partial charge in [0.05, 0.1) is 26.4 Å². The number of aromatic hydroxyl groups is 1. The molecule has 2 N–H and O–H groups in total. The van der Waals surface area contributed by atoms with Gasteiger partial charge in [-0.2, -0.15) is 5.10 Å². The van der Waals surface area contributed by atoms with Crippen molar-refractivity contribution in [2.45, 2.75) is 46.1 Å². The van der Waals surface area contributed by atoms with Crippen molar-refractivity contribution in [2.75, 3.05) is 26.9 Å². The van der Waals surface area contributed by atoms with E-state index in [2.05, 4.69) is 17.1 Å². The summed E-state index contributed by atoms with van der Waals surface area (Å²) in [5.41, 5.74) is 4.70. The summed E-state index contributed by atoms with van der Waals surface area (Å²) in [5, 5.41) is 18.9. The van der Waals surface area contributed by atoms with E-state index < -0.39 is 6.04 Å². The number of carbonyl (C=O) groups excluding carboxylic acids is 1. The number of carbonyl (C=O) groups is 1. The highest BCUT2D eigenvalue weighted by Crippen LogP contribution is 2.46. The van der Waals surface area contributed by atoms with Gasteiger partial charge in [0.25, 0.3) is 5.91 Å². The lowest BCUT2D eigenvalue weighted by Crippen LogP contribution is -2.31. The monoisotopic (exact) mass is 589 g/mol. The van der Waals surface area contributed by atoms with Crippen molar-refractivity contribution in [3.05, 3.63) is 87.6 Å². The lowest BCUT2D eigenvalue weighted by atomic mass is 9.94. The van der Waals surface area contributed by atoms with Crippen molar-refractivity contribution in [3.8, 4) is 34.3 Å². The van der Waals surface area contributed by atoms with Crippen molar-refractivity contribution in [3.63, 3.8) is 0 Å². The van der Waals surface area contributed by atoms with Crippen LogP contribution >= 0.6 is 11.6 Å². The van der Waals surface area contributed by atoms with Crippen LogP contribution in [-0.2, 0) is 6.42 Å². The first-order valence-electron chi connectivity index (χ1n) is 14.3. The van der Waals surface area contributed by atoms with Crippen LogP contribution in [0.3, 0.4) is 0 Å². The van der Waals surface area contributed by atoms with Gasteiger partial charge < -0.3 is 24.2 Å². The number of rotatable bonds is 12. The third-order valence-corrected chi connectivity index (χ3v) is 7.94. The van der Waals surface area contributed by atoms with E-state index in [1.165, 1.54) is 0 Å². The van der Waals surface area contributed by atoms with Crippen LogP contribution in [0.25, 0.3) is 11.3 Å². The maximum atomic E-state index is 13.9. The number of aromatic amines is 1. The average molecular weight is 590 g/mol. The Kier molecular flexibility index (Phi) is 8.92. The summed E-state index contributed by atoms with van der Waals surface area (Å²) in [5.74, 6) is 1.94. The Morgan fingerprint density at radius 2 is 1.83 bits per heavy atom. The predicted molar refractivity (Wildman–Crippen MR) is 163 cm³/mol. The Morgan fingerprint density at radius 3 is 2.55 bits per heavy atom. The number of ether oxygens (including phenoxy) is 3. The molecule has 42 heavy (non-hydrogen) atoms. The Bertz CT molecular complexity index is 1570. The number of benzene rings is 3.